The van der Waals surface area contributed by atoms with Gasteiger partial charge in [-0.2, -0.15) is 13.2 Å². The summed E-state index contributed by atoms with van der Waals surface area (Å²) in [7, 11) is 0. The Balaban J connectivity index is 1.80. The molecule has 0 spiro atoms. The number of halogens is 3. The Labute approximate surface area is 194 Å². The number of rotatable bonds is 6. The van der Waals surface area contributed by atoms with Crippen LogP contribution in [0.3, 0.4) is 0 Å². The fourth-order valence-electron chi connectivity index (χ4n) is 3.72. The number of hydrogen-bond donors (Lipinski definition) is 1. The van der Waals surface area contributed by atoms with Gasteiger partial charge >= 0.3 is 6.18 Å². The molecule has 0 aromatic heterocycles. The summed E-state index contributed by atoms with van der Waals surface area (Å²) < 4.78 is 45.1. The number of nitrogens with zero attached hydrogens (tertiary/aromatic N) is 1. The zero-order chi connectivity index (χ0) is 24.5. The Kier molecular flexibility index (Phi) is 6.15. The van der Waals surface area contributed by atoms with E-state index < -0.39 is 23.6 Å². The number of alkyl halides is 3. The van der Waals surface area contributed by atoms with E-state index in [9.17, 15) is 22.8 Å². The summed E-state index contributed by atoms with van der Waals surface area (Å²) in [6, 6.07) is 18.0. The van der Waals surface area contributed by atoms with Crippen molar-refractivity contribution in [2.24, 2.45) is 0 Å². The molecule has 3 aromatic rings. The maximum atomic E-state index is 13.5. The Morgan fingerprint density at radius 1 is 0.912 bits per heavy atom. The lowest BCUT2D eigenvalue weighted by atomic mass is 10.0. The van der Waals surface area contributed by atoms with Gasteiger partial charge in [0, 0.05) is 5.69 Å². The van der Waals surface area contributed by atoms with Gasteiger partial charge in [-0.1, -0.05) is 30.3 Å². The Morgan fingerprint density at radius 3 is 2.26 bits per heavy atom. The van der Waals surface area contributed by atoms with Gasteiger partial charge in [-0.15, -0.1) is 0 Å². The van der Waals surface area contributed by atoms with Gasteiger partial charge < -0.3 is 10.1 Å². The van der Waals surface area contributed by atoms with E-state index >= 15 is 0 Å². The Bertz CT molecular complexity index is 1280. The van der Waals surface area contributed by atoms with Gasteiger partial charge in [0.2, 0.25) is 0 Å². The summed E-state index contributed by atoms with van der Waals surface area (Å²) in [6.07, 6.45) is -4.55. The smallest absolute Gasteiger partial charge is 0.416 e. The van der Waals surface area contributed by atoms with Crippen LogP contribution in [0.5, 0.6) is 5.75 Å². The third kappa shape index (κ3) is 4.52. The highest BCUT2D eigenvalue weighted by Gasteiger charge is 2.40. The van der Waals surface area contributed by atoms with Crippen LogP contribution in [0.15, 0.2) is 78.5 Å². The molecule has 0 saturated carbocycles. The number of amides is 2. The summed E-state index contributed by atoms with van der Waals surface area (Å²) in [6.45, 7) is 4.13. The second-order valence-electron chi connectivity index (χ2n) is 7.70. The second-order valence-corrected chi connectivity index (χ2v) is 7.70. The lowest BCUT2D eigenvalue weighted by Crippen LogP contribution is -2.32. The molecule has 0 aliphatic carbocycles. The first kappa shape index (κ1) is 23.1. The molecule has 0 bridgehead atoms. The largest absolute Gasteiger partial charge is 0.494 e. The standard InChI is InChI=1S/C26H21F3N2O3/c1-3-34-21-12-10-17(11-13-21)22-23(30-19-8-5-7-18(15-19)26(27,28)29)25(33)31(24(22)32)20-9-4-6-16(2)14-20/h4-15,30H,3H2,1-2H3. The van der Waals surface area contributed by atoms with Crippen LogP contribution in [-0.2, 0) is 15.8 Å². The number of ether oxygens (including phenoxy) is 1. The number of aryl methyl sites for hydroxylation is 1. The number of benzene rings is 3. The van der Waals surface area contributed by atoms with Gasteiger partial charge in [-0.05, 0) is 67.4 Å². The molecule has 0 radical (unpaired) electrons. The summed E-state index contributed by atoms with van der Waals surface area (Å²) in [4.78, 5) is 27.9. The molecule has 1 aliphatic rings. The number of nitrogens with one attached hydrogen (secondary N) is 1. The summed E-state index contributed by atoms with van der Waals surface area (Å²) in [5.74, 6) is -0.641. The highest BCUT2D eigenvalue weighted by molar-refractivity contribution is 6.46. The number of anilines is 2. The van der Waals surface area contributed by atoms with Crippen molar-refractivity contribution in [3.63, 3.8) is 0 Å². The van der Waals surface area contributed by atoms with E-state index in [1.165, 1.54) is 12.1 Å². The van der Waals surface area contributed by atoms with Crippen LogP contribution in [0.4, 0.5) is 24.5 Å². The van der Waals surface area contributed by atoms with Crippen molar-refractivity contribution in [3.05, 3.63) is 95.2 Å². The van der Waals surface area contributed by atoms with E-state index in [4.69, 9.17) is 4.74 Å². The summed E-state index contributed by atoms with van der Waals surface area (Å²) in [5.41, 5.74) is 0.793. The highest BCUT2D eigenvalue weighted by Crippen LogP contribution is 2.36. The minimum atomic E-state index is -4.55. The molecule has 174 valence electrons. The van der Waals surface area contributed by atoms with Crippen molar-refractivity contribution in [2.45, 2.75) is 20.0 Å². The topological polar surface area (TPSA) is 58.6 Å². The predicted molar refractivity (Wildman–Crippen MR) is 123 cm³/mol. The zero-order valence-corrected chi connectivity index (χ0v) is 18.4. The minimum absolute atomic E-state index is 0.0421. The summed E-state index contributed by atoms with van der Waals surface area (Å²) in [5, 5.41) is 2.77. The van der Waals surface area contributed by atoms with Crippen molar-refractivity contribution >= 4 is 28.8 Å². The molecule has 2 amide bonds. The number of hydrogen-bond acceptors (Lipinski definition) is 4. The molecule has 0 unspecified atom stereocenters. The fourth-order valence-corrected chi connectivity index (χ4v) is 3.72. The van der Waals surface area contributed by atoms with Crippen molar-refractivity contribution in [3.8, 4) is 5.75 Å². The minimum Gasteiger partial charge on any atom is -0.494 e. The summed E-state index contributed by atoms with van der Waals surface area (Å²) >= 11 is 0. The third-order valence-corrected chi connectivity index (χ3v) is 5.26. The van der Waals surface area contributed by atoms with Crippen molar-refractivity contribution < 1.29 is 27.5 Å². The van der Waals surface area contributed by atoms with Gasteiger partial charge in [-0.25, -0.2) is 4.90 Å². The molecule has 0 fully saturated rings. The van der Waals surface area contributed by atoms with Crippen molar-refractivity contribution in [1.82, 2.24) is 0 Å². The zero-order valence-electron chi connectivity index (χ0n) is 18.4. The van der Waals surface area contributed by atoms with Crippen LogP contribution in [0, 0.1) is 6.92 Å². The van der Waals surface area contributed by atoms with Crippen molar-refractivity contribution in [2.75, 3.05) is 16.8 Å². The van der Waals surface area contributed by atoms with Gasteiger partial charge in [0.05, 0.1) is 23.4 Å². The molecule has 8 heteroatoms. The SMILES string of the molecule is CCOc1ccc(C2=C(Nc3cccc(C(F)(F)F)c3)C(=O)N(c3cccc(C)c3)C2=O)cc1. The van der Waals surface area contributed by atoms with Gasteiger partial charge in [0.1, 0.15) is 11.4 Å². The van der Waals surface area contributed by atoms with E-state index in [1.54, 1.807) is 42.5 Å². The van der Waals surface area contributed by atoms with Gasteiger partial charge in [-0.3, -0.25) is 9.59 Å². The van der Waals surface area contributed by atoms with E-state index in [0.717, 1.165) is 22.6 Å². The molecule has 3 aromatic carbocycles. The van der Waals surface area contributed by atoms with Gasteiger partial charge in [0.15, 0.2) is 0 Å². The predicted octanol–water partition coefficient (Wildman–Crippen LogP) is 5.81. The molecule has 4 rings (SSSR count). The molecule has 0 saturated heterocycles. The monoisotopic (exact) mass is 466 g/mol. The lowest BCUT2D eigenvalue weighted by molar-refractivity contribution is -0.137. The van der Waals surface area contributed by atoms with Gasteiger partial charge in [0.25, 0.3) is 11.8 Å². The van der Waals surface area contributed by atoms with E-state index in [-0.39, 0.29) is 17.0 Å². The molecule has 34 heavy (non-hydrogen) atoms. The fraction of sp³-hybridized carbons (Fsp3) is 0.154. The molecule has 0 atom stereocenters. The van der Waals surface area contributed by atoms with Crippen LogP contribution in [-0.4, -0.2) is 18.4 Å². The van der Waals surface area contributed by atoms with E-state index in [1.807, 2.05) is 19.9 Å². The number of imide groups is 1. The number of carbonyl (C=O) groups is 2. The molecule has 1 heterocycles. The van der Waals surface area contributed by atoms with Crippen LogP contribution >= 0.6 is 0 Å². The van der Waals surface area contributed by atoms with Crippen molar-refractivity contribution in [1.29, 1.82) is 0 Å². The number of carbonyl (C=O) groups excluding carboxylic acids is 2. The van der Waals surface area contributed by atoms with Crippen LogP contribution in [0.1, 0.15) is 23.6 Å². The molecule has 1 aliphatic heterocycles. The Hall–Kier alpha value is -4.07. The molecular weight excluding hydrogens is 445 g/mol. The van der Waals surface area contributed by atoms with E-state index in [2.05, 4.69) is 5.32 Å². The van der Waals surface area contributed by atoms with Crippen LogP contribution < -0.4 is 15.0 Å². The lowest BCUT2D eigenvalue weighted by Gasteiger charge is -2.16. The average Bonchev–Trinajstić information content (AvgIpc) is 3.03. The third-order valence-electron chi connectivity index (χ3n) is 5.26. The normalized spacial score (nSPS) is 14.1. The first-order valence-electron chi connectivity index (χ1n) is 10.6. The maximum absolute atomic E-state index is 13.5. The Morgan fingerprint density at radius 2 is 1.62 bits per heavy atom. The molecule has 1 N–H and O–H groups in total. The maximum Gasteiger partial charge on any atom is 0.416 e. The highest BCUT2D eigenvalue weighted by atomic mass is 19.4. The average molecular weight is 466 g/mol. The van der Waals surface area contributed by atoms with Crippen LogP contribution in [0.2, 0.25) is 0 Å². The first-order valence-corrected chi connectivity index (χ1v) is 10.6. The van der Waals surface area contributed by atoms with E-state index in [0.29, 0.717) is 23.6 Å². The quantitative estimate of drug-likeness (QED) is 0.466. The first-order chi connectivity index (χ1) is 16.2. The second kappa shape index (κ2) is 9.05. The van der Waals surface area contributed by atoms with Crippen LogP contribution in [0.25, 0.3) is 5.57 Å². The molecular formula is C26H21F3N2O3. The molecule has 5 nitrogen and oxygen atoms in total.